The van der Waals surface area contributed by atoms with Crippen LogP contribution in [0.25, 0.3) is 0 Å². The second kappa shape index (κ2) is 6.05. The van der Waals surface area contributed by atoms with E-state index in [0.29, 0.717) is 0 Å². The lowest BCUT2D eigenvalue weighted by atomic mass is 10.1. The monoisotopic (exact) mass is 228 g/mol. The summed E-state index contributed by atoms with van der Waals surface area (Å²) in [5.74, 6) is 6.04. The molecule has 1 heterocycles. The van der Waals surface area contributed by atoms with Gasteiger partial charge in [0.15, 0.2) is 5.13 Å². The maximum atomic E-state index is 5.28. The molecule has 0 amide bonds. The summed E-state index contributed by atoms with van der Waals surface area (Å²) >= 11 is 1.61. The van der Waals surface area contributed by atoms with E-state index in [1.807, 2.05) is 6.20 Å². The van der Waals surface area contributed by atoms with Gasteiger partial charge in [-0.3, -0.25) is 5.43 Å². The van der Waals surface area contributed by atoms with Gasteiger partial charge in [0.1, 0.15) is 0 Å². The molecule has 0 aliphatic rings. The predicted octanol–water partition coefficient (Wildman–Crippen LogP) is 1.91. The number of aromatic nitrogens is 1. The number of nitrogens with two attached hydrogens (primary N) is 1. The summed E-state index contributed by atoms with van der Waals surface area (Å²) in [6.07, 6.45) is 3.11. The number of nitrogens with zero attached hydrogens (tertiary/aromatic N) is 2. The molecule has 0 saturated heterocycles. The van der Waals surface area contributed by atoms with Gasteiger partial charge in [-0.25, -0.2) is 10.8 Å². The third-order valence-electron chi connectivity index (χ3n) is 2.19. The van der Waals surface area contributed by atoms with Crippen molar-refractivity contribution in [2.45, 2.75) is 26.8 Å². The van der Waals surface area contributed by atoms with Crippen LogP contribution < -0.4 is 11.3 Å². The van der Waals surface area contributed by atoms with Crippen molar-refractivity contribution in [2.24, 2.45) is 11.8 Å². The van der Waals surface area contributed by atoms with Crippen molar-refractivity contribution in [3.63, 3.8) is 0 Å². The van der Waals surface area contributed by atoms with E-state index in [2.05, 4.69) is 36.2 Å². The number of nitrogens with one attached hydrogen (secondary N) is 1. The van der Waals surface area contributed by atoms with Gasteiger partial charge in [-0.2, -0.15) is 0 Å². The number of hydrogen-bond donors (Lipinski definition) is 2. The molecule has 0 bridgehead atoms. The fourth-order valence-corrected chi connectivity index (χ4v) is 2.07. The summed E-state index contributed by atoms with van der Waals surface area (Å²) < 4.78 is 0. The minimum Gasteiger partial charge on any atom is -0.301 e. The highest BCUT2D eigenvalue weighted by molar-refractivity contribution is 7.15. The zero-order valence-electron chi connectivity index (χ0n) is 9.66. The van der Waals surface area contributed by atoms with Crippen molar-refractivity contribution in [1.82, 2.24) is 9.88 Å². The highest BCUT2D eigenvalue weighted by Gasteiger charge is 2.05. The van der Waals surface area contributed by atoms with Gasteiger partial charge < -0.3 is 4.90 Å². The molecule has 1 rings (SSSR count). The number of rotatable bonds is 6. The average molecular weight is 228 g/mol. The van der Waals surface area contributed by atoms with E-state index in [1.54, 1.807) is 11.3 Å². The van der Waals surface area contributed by atoms with E-state index in [0.717, 1.165) is 24.1 Å². The molecule has 0 aliphatic carbocycles. The molecule has 0 saturated carbocycles. The molecule has 0 aromatic carbocycles. The maximum absolute atomic E-state index is 5.28. The van der Waals surface area contributed by atoms with Gasteiger partial charge in [0, 0.05) is 17.6 Å². The Kier molecular flexibility index (Phi) is 5.01. The van der Waals surface area contributed by atoms with Gasteiger partial charge >= 0.3 is 0 Å². The van der Waals surface area contributed by atoms with Gasteiger partial charge in [-0.15, -0.1) is 0 Å². The van der Waals surface area contributed by atoms with Crippen LogP contribution in [-0.2, 0) is 6.54 Å². The number of thiazole rings is 1. The zero-order valence-corrected chi connectivity index (χ0v) is 10.5. The lowest BCUT2D eigenvalue weighted by molar-refractivity contribution is 0.306. The minimum atomic E-state index is 0.759. The summed E-state index contributed by atoms with van der Waals surface area (Å²) in [4.78, 5) is 7.70. The van der Waals surface area contributed by atoms with Crippen LogP contribution >= 0.6 is 11.3 Å². The fourth-order valence-electron chi connectivity index (χ4n) is 1.27. The Bertz CT molecular complexity index is 285. The average Bonchev–Trinajstić information content (AvgIpc) is 2.62. The first-order valence-electron chi connectivity index (χ1n) is 5.21. The van der Waals surface area contributed by atoms with Crippen LogP contribution in [0, 0.1) is 5.92 Å². The second-order valence-corrected chi connectivity index (χ2v) is 5.31. The molecule has 3 N–H and O–H groups in total. The first kappa shape index (κ1) is 12.4. The standard InChI is InChI=1S/C10H20N4S/c1-8(2)4-5-14(3)7-9-6-12-10(13-11)15-9/h6,8H,4-5,7,11H2,1-3H3,(H,12,13). The predicted molar refractivity (Wildman–Crippen MR) is 65.7 cm³/mol. The Hall–Kier alpha value is -0.650. The highest BCUT2D eigenvalue weighted by Crippen LogP contribution is 2.18. The Morgan fingerprint density at radius 1 is 1.60 bits per heavy atom. The maximum Gasteiger partial charge on any atom is 0.197 e. The van der Waals surface area contributed by atoms with Gasteiger partial charge in [-0.1, -0.05) is 25.2 Å². The molecule has 0 spiro atoms. The molecule has 0 fully saturated rings. The van der Waals surface area contributed by atoms with Crippen LogP contribution in [0.5, 0.6) is 0 Å². The lowest BCUT2D eigenvalue weighted by Crippen LogP contribution is -2.19. The number of anilines is 1. The highest BCUT2D eigenvalue weighted by atomic mass is 32.1. The molecule has 5 heteroatoms. The minimum absolute atomic E-state index is 0.759. The quantitative estimate of drug-likeness (QED) is 0.577. The normalized spacial score (nSPS) is 11.3. The van der Waals surface area contributed by atoms with Crippen LogP contribution in [0.3, 0.4) is 0 Å². The van der Waals surface area contributed by atoms with Crippen molar-refractivity contribution >= 4 is 16.5 Å². The SMILES string of the molecule is CC(C)CCN(C)Cc1cnc(NN)s1. The Morgan fingerprint density at radius 3 is 2.87 bits per heavy atom. The van der Waals surface area contributed by atoms with Crippen LogP contribution in [0.15, 0.2) is 6.20 Å². The molecule has 0 aliphatic heterocycles. The third-order valence-corrected chi connectivity index (χ3v) is 3.10. The van der Waals surface area contributed by atoms with Gasteiger partial charge in [0.25, 0.3) is 0 Å². The van der Waals surface area contributed by atoms with Crippen LogP contribution in [0.2, 0.25) is 0 Å². The summed E-state index contributed by atoms with van der Waals surface area (Å²) in [6.45, 7) is 6.57. The summed E-state index contributed by atoms with van der Waals surface area (Å²) in [6, 6.07) is 0. The third kappa shape index (κ3) is 4.59. The van der Waals surface area contributed by atoms with Crippen molar-refractivity contribution in [1.29, 1.82) is 0 Å². The van der Waals surface area contributed by atoms with Crippen molar-refractivity contribution in [2.75, 3.05) is 19.0 Å². The Balaban J connectivity index is 2.33. The molecule has 15 heavy (non-hydrogen) atoms. The van der Waals surface area contributed by atoms with E-state index < -0.39 is 0 Å². The zero-order chi connectivity index (χ0) is 11.3. The van der Waals surface area contributed by atoms with Crippen molar-refractivity contribution < 1.29 is 0 Å². The molecule has 4 nitrogen and oxygen atoms in total. The molecule has 0 atom stereocenters. The van der Waals surface area contributed by atoms with Gasteiger partial charge in [0.05, 0.1) is 0 Å². The lowest BCUT2D eigenvalue weighted by Gasteiger charge is -2.16. The molecular formula is C10H20N4S. The fraction of sp³-hybridized carbons (Fsp3) is 0.700. The summed E-state index contributed by atoms with van der Waals surface area (Å²) in [5, 5.41) is 0.780. The van der Waals surface area contributed by atoms with E-state index in [1.165, 1.54) is 11.3 Å². The summed E-state index contributed by atoms with van der Waals surface area (Å²) in [5.41, 5.74) is 2.56. The van der Waals surface area contributed by atoms with Crippen molar-refractivity contribution in [3.8, 4) is 0 Å². The van der Waals surface area contributed by atoms with E-state index in [-0.39, 0.29) is 0 Å². The second-order valence-electron chi connectivity index (χ2n) is 4.20. The topological polar surface area (TPSA) is 54.2 Å². The number of nitrogen functional groups attached to an aromatic ring is 1. The van der Waals surface area contributed by atoms with Crippen LogP contribution in [-0.4, -0.2) is 23.5 Å². The van der Waals surface area contributed by atoms with Crippen LogP contribution in [0.1, 0.15) is 25.1 Å². The largest absolute Gasteiger partial charge is 0.301 e. The van der Waals surface area contributed by atoms with E-state index in [4.69, 9.17) is 5.84 Å². The molecule has 0 radical (unpaired) electrons. The van der Waals surface area contributed by atoms with E-state index >= 15 is 0 Å². The molecule has 1 aromatic heterocycles. The molecular weight excluding hydrogens is 208 g/mol. The molecule has 86 valence electrons. The Labute approximate surface area is 95.5 Å². The number of hydrogen-bond acceptors (Lipinski definition) is 5. The Morgan fingerprint density at radius 2 is 2.33 bits per heavy atom. The first-order chi connectivity index (χ1) is 7.11. The first-order valence-corrected chi connectivity index (χ1v) is 6.03. The van der Waals surface area contributed by atoms with E-state index in [9.17, 15) is 0 Å². The van der Waals surface area contributed by atoms with Crippen LogP contribution in [0.4, 0.5) is 5.13 Å². The van der Waals surface area contributed by atoms with Crippen molar-refractivity contribution in [3.05, 3.63) is 11.1 Å². The smallest absolute Gasteiger partial charge is 0.197 e. The number of hydrazine groups is 1. The molecule has 0 unspecified atom stereocenters. The van der Waals surface area contributed by atoms with Gasteiger partial charge in [0.2, 0.25) is 0 Å². The molecule has 1 aromatic rings. The van der Waals surface area contributed by atoms with Gasteiger partial charge in [-0.05, 0) is 25.9 Å². The summed E-state index contributed by atoms with van der Waals surface area (Å²) in [7, 11) is 2.14.